The quantitative estimate of drug-likeness (QED) is 0.617. The lowest BCUT2D eigenvalue weighted by Gasteiger charge is -2.11. The molecule has 0 aliphatic rings. The number of aromatic nitrogens is 1. The number of halogens is 3. The van der Waals surface area contributed by atoms with E-state index in [0.29, 0.717) is 24.6 Å². The van der Waals surface area contributed by atoms with E-state index in [-0.39, 0.29) is 6.54 Å². The third kappa shape index (κ3) is 5.74. The Balaban J connectivity index is 2.05. The Morgan fingerprint density at radius 3 is 2.60 bits per heavy atom. The fraction of sp³-hybridized carbons (Fsp3) is 0.412. The molecule has 0 bridgehead atoms. The van der Waals surface area contributed by atoms with E-state index < -0.39 is 11.7 Å². The highest BCUT2D eigenvalue weighted by atomic mass is 32.1. The molecule has 1 aromatic carbocycles. The van der Waals surface area contributed by atoms with Crippen molar-refractivity contribution in [3.8, 4) is 0 Å². The van der Waals surface area contributed by atoms with Crippen LogP contribution in [0.1, 0.15) is 33.6 Å². The molecular formula is C17H21F3N4S. The molecule has 0 radical (unpaired) electrons. The zero-order chi connectivity index (χ0) is 18.4. The van der Waals surface area contributed by atoms with Crippen LogP contribution in [0.4, 0.5) is 13.2 Å². The van der Waals surface area contributed by atoms with Crippen LogP contribution in [-0.4, -0.2) is 17.5 Å². The summed E-state index contributed by atoms with van der Waals surface area (Å²) in [5.74, 6) is 0.561. The number of hydrogen-bond acceptors (Lipinski definition) is 3. The summed E-state index contributed by atoms with van der Waals surface area (Å²) in [6.07, 6.45) is -4.34. The molecule has 0 atom stereocenters. The standard InChI is InChI=1S/C17H21F3N4S/c1-4-21-16(23-10-15-11(2)24-12(3)25-15)22-9-13-6-5-7-14(8-13)17(18,19)20/h5-8H,4,9-10H2,1-3H3,(H2,21,22,23). The number of nitrogens with one attached hydrogen (secondary N) is 2. The van der Waals surface area contributed by atoms with Gasteiger partial charge < -0.3 is 10.6 Å². The van der Waals surface area contributed by atoms with Crippen molar-refractivity contribution in [1.29, 1.82) is 0 Å². The average Bonchev–Trinajstić information content (AvgIpc) is 2.87. The molecule has 2 aromatic rings. The molecule has 1 aromatic heterocycles. The zero-order valence-electron chi connectivity index (χ0n) is 14.4. The van der Waals surface area contributed by atoms with Gasteiger partial charge in [0.25, 0.3) is 0 Å². The molecule has 0 aliphatic heterocycles. The predicted molar refractivity (Wildman–Crippen MR) is 94.7 cm³/mol. The molecule has 0 amide bonds. The molecule has 25 heavy (non-hydrogen) atoms. The van der Waals surface area contributed by atoms with Crippen LogP contribution in [0.15, 0.2) is 29.3 Å². The van der Waals surface area contributed by atoms with Crippen LogP contribution >= 0.6 is 11.3 Å². The summed E-state index contributed by atoms with van der Waals surface area (Å²) in [6.45, 7) is 7.24. The molecule has 0 saturated carbocycles. The lowest BCUT2D eigenvalue weighted by Crippen LogP contribution is -2.36. The summed E-state index contributed by atoms with van der Waals surface area (Å²) in [5, 5.41) is 7.29. The summed E-state index contributed by atoms with van der Waals surface area (Å²) < 4.78 is 38.3. The Bertz CT molecular complexity index is 738. The van der Waals surface area contributed by atoms with E-state index >= 15 is 0 Å². The predicted octanol–water partition coefficient (Wildman–Crippen LogP) is 4.03. The average molecular weight is 370 g/mol. The fourth-order valence-electron chi connectivity index (χ4n) is 2.26. The molecule has 4 nitrogen and oxygen atoms in total. The Morgan fingerprint density at radius 1 is 1.24 bits per heavy atom. The Kier molecular flexibility index (Phi) is 6.41. The van der Waals surface area contributed by atoms with E-state index in [0.717, 1.165) is 27.7 Å². The number of hydrogen-bond donors (Lipinski definition) is 2. The molecule has 0 spiro atoms. The molecule has 0 unspecified atom stereocenters. The van der Waals surface area contributed by atoms with Crippen molar-refractivity contribution in [2.75, 3.05) is 6.54 Å². The number of aryl methyl sites for hydroxylation is 2. The van der Waals surface area contributed by atoms with Gasteiger partial charge in [-0.15, -0.1) is 11.3 Å². The summed E-state index contributed by atoms with van der Waals surface area (Å²) in [4.78, 5) is 9.86. The number of guanidine groups is 1. The molecular weight excluding hydrogens is 349 g/mol. The Labute approximate surface area is 149 Å². The highest BCUT2D eigenvalue weighted by molar-refractivity contribution is 7.11. The second kappa shape index (κ2) is 8.33. The van der Waals surface area contributed by atoms with E-state index in [9.17, 15) is 13.2 Å². The van der Waals surface area contributed by atoms with Gasteiger partial charge in [0.15, 0.2) is 5.96 Å². The van der Waals surface area contributed by atoms with Gasteiger partial charge in [-0.25, -0.2) is 9.98 Å². The maximum absolute atomic E-state index is 12.8. The molecule has 136 valence electrons. The number of alkyl halides is 3. The second-order valence-electron chi connectivity index (χ2n) is 5.49. The lowest BCUT2D eigenvalue weighted by molar-refractivity contribution is -0.137. The van der Waals surface area contributed by atoms with Crippen LogP contribution in [0.2, 0.25) is 0 Å². The van der Waals surface area contributed by atoms with Gasteiger partial charge in [0.1, 0.15) is 0 Å². The molecule has 2 N–H and O–H groups in total. The molecule has 0 saturated heterocycles. The van der Waals surface area contributed by atoms with E-state index in [2.05, 4.69) is 20.6 Å². The van der Waals surface area contributed by atoms with E-state index in [1.165, 1.54) is 6.07 Å². The van der Waals surface area contributed by atoms with Gasteiger partial charge in [-0.1, -0.05) is 12.1 Å². The fourth-order valence-corrected chi connectivity index (χ4v) is 3.14. The third-order valence-electron chi connectivity index (χ3n) is 3.43. The SMILES string of the molecule is CCNC(=NCc1cccc(C(F)(F)F)c1)NCc1sc(C)nc1C. The van der Waals surface area contributed by atoms with Crippen LogP contribution in [0.25, 0.3) is 0 Å². The third-order valence-corrected chi connectivity index (χ3v) is 4.51. The first kappa shape index (κ1) is 19.2. The smallest absolute Gasteiger partial charge is 0.357 e. The van der Waals surface area contributed by atoms with Gasteiger partial charge >= 0.3 is 6.18 Å². The van der Waals surface area contributed by atoms with Crippen molar-refractivity contribution in [2.24, 2.45) is 4.99 Å². The van der Waals surface area contributed by atoms with Crippen LogP contribution in [-0.2, 0) is 19.3 Å². The Morgan fingerprint density at radius 2 is 2.00 bits per heavy atom. The number of aliphatic imine (C=N–C) groups is 1. The van der Waals surface area contributed by atoms with E-state index in [4.69, 9.17) is 0 Å². The van der Waals surface area contributed by atoms with Crippen molar-refractivity contribution >= 4 is 17.3 Å². The normalized spacial score (nSPS) is 12.3. The minimum Gasteiger partial charge on any atom is -0.357 e. The van der Waals surface area contributed by atoms with Crippen molar-refractivity contribution in [3.05, 3.63) is 51.0 Å². The van der Waals surface area contributed by atoms with E-state index in [1.807, 2.05) is 20.8 Å². The molecule has 1 heterocycles. The first-order chi connectivity index (χ1) is 11.8. The number of rotatable bonds is 5. The highest BCUT2D eigenvalue weighted by Gasteiger charge is 2.30. The van der Waals surface area contributed by atoms with Gasteiger partial charge in [-0.3, -0.25) is 0 Å². The van der Waals surface area contributed by atoms with Crippen LogP contribution in [0.5, 0.6) is 0 Å². The first-order valence-electron chi connectivity index (χ1n) is 7.90. The largest absolute Gasteiger partial charge is 0.416 e. The molecule has 8 heteroatoms. The number of nitrogens with zero attached hydrogens (tertiary/aromatic N) is 2. The van der Waals surface area contributed by atoms with Gasteiger partial charge in [-0.2, -0.15) is 13.2 Å². The minimum atomic E-state index is -4.34. The van der Waals surface area contributed by atoms with Crippen LogP contribution in [0.3, 0.4) is 0 Å². The first-order valence-corrected chi connectivity index (χ1v) is 8.72. The van der Waals surface area contributed by atoms with Gasteiger partial charge in [0, 0.05) is 11.4 Å². The maximum Gasteiger partial charge on any atom is 0.416 e. The summed E-state index contributed by atoms with van der Waals surface area (Å²) in [6, 6.07) is 5.23. The summed E-state index contributed by atoms with van der Waals surface area (Å²) in [7, 11) is 0. The zero-order valence-corrected chi connectivity index (χ0v) is 15.2. The molecule has 2 rings (SSSR count). The number of thiazole rings is 1. The van der Waals surface area contributed by atoms with Gasteiger partial charge in [-0.05, 0) is 38.5 Å². The molecule has 0 aliphatic carbocycles. The van der Waals surface area contributed by atoms with E-state index in [1.54, 1.807) is 17.4 Å². The molecule has 0 fully saturated rings. The maximum atomic E-state index is 12.8. The lowest BCUT2D eigenvalue weighted by atomic mass is 10.1. The topological polar surface area (TPSA) is 49.3 Å². The van der Waals surface area contributed by atoms with Gasteiger partial charge in [0.2, 0.25) is 0 Å². The van der Waals surface area contributed by atoms with Crippen molar-refractivity contribution in [1.82, 2.24) is 15.6 Å². The van der Waals surface area contributed by atoms with Crippen molar-refractivity contribution in [3.63, 3.8) is 0 Å². The van der Waals surface area contributed by atoms with Crippen molar-refractivity contribution < 1.29 is 13.2 Å². The van der Waals surface area contributed by atoms with Crippen LogP contribution in [0, 0.1) is 13.8 Å². The summed E-state index contributed by atoms with van der Waals surface area (Å²) in [5.41, 5.74) is 0.828. The monoisotopic (exact) mass is 370 g/mol. The minimum absolute atomic E-state index is 0.167. The summed E-state index contributed by atoms with van der Waals surface area (Å²) >= 11 is 1.61. The second-order valence-corrected chi connectivity index (χ2v) is 6.78. The van der Waals surface area contributed by atoms with Gasteiger partial charge in [0.05, 0.1) is 29.4 Å². The van der Waals surface area contributed by atoms with Crippen molar-refractivity contribution in [2.45, 2.75) is 40.0 Å². The van der Waals surface area contributed by atoms with Crippen LogP contribution < -0.4 is 10.6 Å². The highest BCUT2D eigenvalue weighted by Crippen LogP contribution is 2.29. The number of benzene rings is 1. The Hall–Kier alpha value is -2.09.